The molecule has 22 rings (SSSR count). The molecule has 2 aliphatic rings. The highest BCUT2D eigenvalue weighted by atomic mass is 16.3. The standard InChI is InChI=1S/C126H112BN3O2/c1-121(2,3)87-55-59-106-100(69-87)101-70-88(122(4,5)6)56-60-107(101)128(106)93-75-110-118-111(76-93)130(119-98(79-41-27-21-28-42-79)71-91(125(13,14)15)72-99(119)80-43-29-22-30-44-80)109-67-82(85-62-83(77-37-23-19-24-38-77)61-84(63-85)78-39-25-20-26-40-78)53-57-104(109)127(118)105-66-81(86-64-89(123(7,8)9)68-90(65-86)124(10,11)12)54-58-108(105)129(110)120-102(94-47-35-51-114-116(94)96-45-31-33-49-112(96)131-114)73-92(126(16,17)18)74-103(120)95-48-36-52-115-117(95)97-46-32-34-50-113(97)132-115/h19-76H,1-18H3. The monoisotopic (exact) mass is 1710 g/mol. The summed E-state index contributed by atoms with van der Waals surface area (Å²) in [6.07, 6.45) is 0. The van der Waals surface area contributed by atoms with Crippen molar-refractivity contribution in [1.29, 1.82) is 0 Å². The fraction of sp³-hybridized carbons (Fsp3) is 0.190. The smallest absolute Gasteiger partial charge is 0.252 e. The zero-order chi connectivity index (χ0) is 91.1. The van der Waals surface area contributed by atoms with Crippen LogP contribution in [0.3, 0.4) is 0 Å². The molecule has 5 nitrogen and oxygen atoms in total. The molecule has 0 fully saturated rings. The van der Waals surface area contributed by atoms with E-state index < -0.39 is 6.71 Å². The Balaban J connectivity index is 0.979. The van der Waals surface area contributed by atoms with Crippen molar-refractivity contribution in [1.82, 2.24) is 4.57 Å². The van der Waals surface area contributed by atoms with E-state index in [4.69, 9.17) is 8.83 Å². The van der Waals surface area contributed by atoms with Crippen molar-refractivity contribution in [3.8, 4) is 94.7 Å². The Bertz CT molecular complexity index is 7700. The number of hydrogen-bond acceptors (Lipinski definition) is 4. The summed E-state index contributed by atoms with van der Waals surface area (Å²) in [6.45, 7) is 42.1. The van der Waals surface area contributed by atoms with Gasteiger partial charge in [0.2, 0.25) is 0 Å². The van der Waals surface area contributed by atoms with E-state index in [1.807, 2.05) is 0 Å². The second-order valence-corrected chi connectivity index (χ2v) is 43.3. The molecule has 17 aromatic carbocycles. The average molecular weight is 1710 g/mol. The third-order valence-corrected chi connectivity index (χ3v) is 28.2. The minimum atomic E-state index is -0.404. The first kappa shape index (κ1) is 83.4. The number of fused-ring (bicyclic) bond motifs is 13. The number of para-hydroxylation sites is 2. The lowest BCUT2D eigenvalue weighted by atomic mass is 9.33. The molecule has 2 aliphatic heterocycles. The molecule has 20 aromatic rings. The van der Waals surface area contributed by atoms with Crippen LogP contribution in [-0.2, 0) is 32.5 Å². The number of rotatable bonds is 11. The Morgan fingerprint density at radius 3 is 1.02 bits per heavy atom. The van der Waals surface area contributed by atoms with E-state index in [1.54, 1.807) is 0 Å². The van der Waals surface area contributed by atoms with E-state index in [-0.39, 0.29) is 32.5 Å². The van der Waals surface area contributed by atoms with Gasteiger partial charge in [0, 0.05) is 77.3 Å². The van der Waals surface area contributed by atoms with Crippen LogP contribution in [0.4, 0.5) is 34.1 Å². The number of furan rings is 2. The topological polar surface area (TPSA) is 37.7 Å². The molecule has 0 saturated carbocycles. The van der Waals surface area contributed by atoms with Crippen molar-refractivity contribution in [2.24, 2.45) is 0 Å². The summed E-state index contributed by atoms with van der Waals surface area (Å²) in [5.74, 6) is 0. The second kappa shape index (κ2) is 30.7. The van der Waals surface area contributed by atoms with Crippen LogP contribution in [0, 0.1) is 0 Å². The van der Waals surface area contributed by atoms with Gasteiger partial charge in [-0.3, -0.25) is 0 Å². The Morgan fingerprint density at radius 1 is 0.212 bits per heavy atom. The van der Waals surface area contributed by atoms with E-state index in [0.29, 0.717) is 0 Å². The summed E-state index contributed by atoms with van der Waals surface area (Å²) in [5, 5.41) is 6.66. The summed E-state index contributed by atoms with van der Waals surface area (Å²) < 4.78 is 16.9. The molecule has 0 amide bonds. The van der Waals surface area contributed by atoms with E-state index in [9.17, 15) is 0 Å². The normalized spacial score (nSPS) is 13.2. The minimum absolute atomic E-state index is 0.153. The molecule has 6 heteroatoms. The molecule has 0 atom stereocenters. The van der Waals surface area contributed by atoms with Crippen LogP contribution >= 0.6 is 0 Å². The van der Waals surface area contributed by atoms with E-state index >= 15 is 0 Å². The highest BCUT2D eigenvalue weighted by molar-refractivity contribution is 7.00. The van der Waals surface area contributed by atoms with Gasteiger partial charge < -0.3 is 23.2 Å². The Morgan fingerprint density at radius 2 is 0.576 bits per heavy atom. The molecule has 0 radical (unpaired) electrons. The summed E-state index contributed by atoms with van der Waals surface area (Å²) in [4.78, 5) is 5.54. The van der Waals surface area contributed by atoms with Crippen LogP contribution in [0.15, 0.2) is 361 Å². The SMILES string of the molecule is CC(C)(C)c1cc(-c2ccc3c(c2)B2c4ccc(-c5cc(-c6ccccc6)cc(-c6ccccc6)c5)cc4N(c4c(-c5ccccc5)cc(C(C)(C)C)cc4-c4ccccc4)c4cc(-n5c6ccc(C(C)(C)C)cc6c6cc(C(C)(C)C)ccc65)cc(c42)N3c2c(-c3cccc4oc5ccccc5c34)cc(C(C)(C)C)cc2-c2cccc3oc4ccccc4c23)cc(C(C)(C)C)c1. The van der Waals surface area contributed by atoms with Crippen molar-refractivity contribution >= 4 is 123 Å². The Kier molecular flexibility index (Phi) is 19.4. The highest BCUT2D eigenvalue weighted by Gasteiger charge is 2.47. The number of hydrogen-bond donors (Lipinski definition) is 0. The van der Waals surface area contributed by atoms with Gasteiger partial charge in [0.1, 0.15) is 22.3 Å². The molecular formula is C126H112BN3O2. The first-order valence-electron chi connectivity index (χ1n) is 47.1. The lowest BCUT2D eigenvalue weighted by Gasteiger charge is -2.46. The first-order chi connectivity index (χ1) is 63.2. The number of anilines is 6. The van der Waals surface area contributed by atoms with Gasteiger partial charge in [0.05, 0.1) is 28.1 Å². The molecular weight excluding hydrogens is 1600 g/mol. The highest BCUT2D eigenvalue weighted by Crippen LogP contribution is 2.58. The molecule has 0 spiro atoms. The predicted octanol–water partition coefficient (Wildman–Crippen LogP) is 33.8. The van der Waals surface area contributed by atoms with E-state index in [1.165, 1.54) is 66.1 Å². The van der Waals surface area contributed by atoms with Crippen molar-refractivity contribution in [3.63, 3.8) is 0 Å². The first-order valence-corrected chi connectivity index (χ1v) is 47.1. The molecule has 0 bridgehead atoms. The molecule has 3 aromatic heterocycles. The predicted molar refractivity (Wildman–Crippen MR) is 565 cm³/mol. The quantitative estimate of drug-likeness (QED) is 0.121. The Labute approximate surface area is 777 Å². The largest absolute Gasteiger partial charge is 0.456 e. The van der Waals surface area contributed by atoms with Crippen molar-refractivity contribution in [2.75, 3.05) is 9.80 Å². The molecule has 0 unspecified atom stereocenters. The molecule has 646 valence electrons. The zero-order valence-corrected chi connectivity index (χ0v) is 79.2. The van der Waals surface area contributed by atoms with Crippen molar-refractivity contribution in [2.45, 2.75) is 157 Å². The van der Waals surface area contributed by atoms with Crippen molar-refractivity contribution < 1.29 is 8.83 Å². The van der Waals surface area contributed by atoms with Gasteiger partial charge in [-0.15, -0.1) is 0 Å². The van der Waals surface area contributed by atoms with Gasteiger partial charge in [-0.25, -0.2) is 0 Å². The van der Waals surface area contributed by atoms with Crippen molar-refractivity contribution in [3.05, 3.63) is 385 Å². The zero-order valence-electron chi connectivity index (χ0n) is 79.2. The number of nitrogens with zero attached hydrogens (tertiary/aromatic N) is 3. The fourth-order valence-electron chi connectivity index (χ4n) is 20.9. The molecule has 132 heavy (non-hydrogen) atoms. The van der Waals surface area contributed by atoms with Crippen LogP contribution < -0.4 is 26.2 Å². The van der Waals surface area contributed by atoms with E-state index in [0.717, 1.165) is 178 Å². The lowest BCUT2D eigenvalue weighted by Crippen LogP contribution is -2.61. The summed E-state index contributed by atoms with van der Waals surface area (Å²) in [6, 6.07) is 135. The van der Waals surface area contributed by atoms with Gasteiger partial charge in [0.25, 0.3) is 6.71 Å². The van der Waals surface area contributed by atoms with Gasteiger partial charge in [-0.2, -0.15) is 0 Å². The maximum Gasteiger partial charge on any atom is 0.252 e. The van der Waals surface area contributed by atoms with Crippen LogP contribution in [0.5, 0.6) is 0 Å². The second-order valence-electron chi connectivity index (χ2n) is 43.3. The summed E-state index contributed by atoms with van der Waals surface area (Å²) >= 11 is 0. The lowest BCUT2D eigenvalue weighted by molar-refractivity contribution is 0.569. The molecule has 5 heterocycles. The minimum Gasteiger partial charge on any atom is -0.456 e. The van der Waals surface area contributed by atoms with Crippen LogP contribution in [0.2, 0.25) is 0 Å². The maximum absolute atomic E-state index is 7.12. The van der Waals surface area contributed by atoms with Crippen LogP contribution in [0.1, 0.15) is 158 Å². The average Bonchev–Trinajstić information content (AvgIpc) is 0.848. The third kappa shape index (κ3) is 14.2. The maximum atomic E-state index is 7.12. The molecule has 0 saturated heterocycles. The van der Waals surface area contributed by atoms with Crippen LogP contribution in [-0.4, -0.2) is 11.3 Å². The molecule has 0 aliphatic carbocycles. The molecule has 0 N–H and O–H groups in total. The van der Waals surface area contributed by atoms with E-state index in [2.05, 4.69) is 491 Å². The summed E-state index contributed by atoms with van der Waals surface area (Å²) in [5.41, 5.74) is 40.8. The van der Waals surface area contributed by atoms with Gasteiger partial charge in [0.15, 0.2) is 0 Å². The summed E-state index contributed by atoms with van der Waals surface area (Å²) in [7, 11) is 0. The van der Waals surface area contributed by atoms with Gasteiger partial charge in [-0.05, 0) is 264 Å². The Hall–Kier alpha value is -14.2. The van der Waals surface area contributed by atoms with Crippen LogP contribution in [0.25, 0.3) is 160 Å². The number of benzene rings is 17. The van der Waals surface area contributed by atoms with Gasteiger partial charge in [-0.1, -0.05) is 361 Å². The number of aromatic nitrogens is 1. The third-order valence-electron chi connectivity index (χ3n) is 28.2. The fourth-order valence-corrected chi connectivity index (χ4v) is 20.9. The van der Waals surface area contributed by atoms with Gasteiger partial charge >= 0.3 is 0 Å².